The monoisotopic (exact) mass is 218 g/mol. The zero-order valence-electron chi connectivity index (χ0n) is 9.99. The summed E-state index contributed by atoms with van der Waals surface area (Å²) in [5, 5.41) is 0. The summed E-state index contributed by atoms with van der Waals surface area (Å²) in [6, 6.07) is 0. The van der Waals surface area contributed by atoms with E-state index in [-0.39, 0.29) is 5.41 Å². The van der Waals surface area contributed by atoms with Gasteiger partial charge in [-0.15, -0.1) is 6.58 Å². The molecule has 0 aromatic heterocycles. The maximum Gasteiger partial charge on any atom is 0.100 e. The molecule has 0 amide bonds. The molecule has 2 heteroatoms. The lowest BCUT2D eigenvalue weighted by Gasteiger charge is -2.56. The van der Waals surface area contributed by atoms with Crippen molar-refractivity contribution in [2.75, 3.05) is 6.54 Å². The molecule has 4 fully saturated rings. The highest BCUT2D eigenvalue weighted by atomic mass is 14.9. The van der Waals surface area contributed by atoms with Gasteiger partial charge in [0.2, 0.25) is 0 Å². The molecule has 0 atom stereocenters. The molecule has 2 N–H and O–H groups in total. The normalized spacial score (nSPS) is 46.0. The molecule has 0 radical (unpaired) electrons. The first kappa shape index (κ1) is 10.4. The number of hydrogen-bond donors (Lipinski definition) is 1. The molecule has 4 bridgehead atoms. The van der Waals surface area contributed by atoms with E-state index in [4.69, 9.17) is 5.73 Å². The Morgan fingerprint density at radius 2 is 1.69 bits per heavy atom. The molecule has 4 rings (SSSR count). The van der Waals surface area contributed by atoms with Crippen LogP contribution in [-0.2, 0) is 0 Å². The van der Waals surface area contributed by atoms with Crippen LogP contribution >= 0.6 is 0 Å². The maximum atomic E-state index is 6.26. The van der Waals surface area contributed by atoms with E-state index in [1.165, 1.54) is 38.5 Å². The van der Waals surface area contributed by atoms with Gasteiger partial charge in [-0.25, -0.2) is 0 Å². The predicted molar refractivity (Wildman–Crippen MR) is 67.3 cm³/mol. The average Bonchev–Trinajstić information content (AvgIpc) is 2.24. The second kappa shape index (κ2) is 3.61. The first-order chi connectivity index (χ1) is 7.72. The largest absolute Gasteiger partial charge is 0.387 e. The minimum atomic E-state index is 0.289. The fourth-order valence-corrected chi connectivity index (χ4v) is 4.75. The van der Waals surface area contributed by atoms with Gasteiger partial charge >= 0.3 is 0 Å². The Morgan fingerprint density at radius 3 is 2.12 bits per heavy atom. The van der Waals surface area contributed by atoms with Crippen LogP contribution < -0.4 is 5.73 Å². The Morgan fingerprint density at radius 1 is 1.19 bits per heavy atom. The number of nitrogens with two attached hydrogens (primary N) is 1. The number of nitrogens with zero attached hydrogens (tertiary/aromatic N) is 1. The van der Waals surface area contributed by atoms with Crippen molar-refractivity contribution >= 4 is 5.84 Å². The van der Waals surface area contributed by atoms with Gasteiger partial charge in [0.25, 0.3) is 0 Å². The number of amidine groups is 1. The molecule has 0 aromatic rings. The molecule has 4 saturated carbocycles. The molecule has 0 saturated heterocycles. The number of aliphatic imine (C=N–C) groups is 1. The van der Waals surface area contributed by atoms with Crippen LogP contribution in [-0.4, -0.2) is 12.4 Å². The van der Waals surface area contributed by atoms with E-state index in [0.29, 0.717) is 6.54 Å². The van der Waals surface area contributed by atoms with Crippen LogP contribution in [0.2, 0.25) is 0 Å². The van der Waals surface area contributed by atoms with Gasteiger partial charge in [0, 0.05) is 5.41 Å². The molecule has 4 aliphatic rings. The summed E-state index contributed by atoms with van der Waals surface area (Å²) in [6.45, 7) is 4.40. The van der Waals surface area contributed by atoms with Crippen molar-refractivity contribution in [2.45, 2.75) is 38.5 Å². The summed E-state index contributed by atoms with van der Waals surface area (Å²) in [7, 11) is 0. The third-order valence-electron chi connectivity index (χ3n) is 4.97. The lowest BCUT2D eigenvalue weighted by molar-refractivity contribution is -0.0130. The van der Waals surface area contributed by atoms with Crippen molar-refractivity contribution < 1.29 is 0 Å². The van der Waals surface area contributed by atoms with Crippen molar-refractivity contribution in [3.63, 3.8) is 0 Å². The van der Waals surface area contributed by atoms with Crippen molar-refractivity contribution in [3.05, 3.63) is 12.7 Å². The maximum absolute atomic E-state index is 6.26. The molecule has 0 spiro atoms. The molecule has 0 unspecified atom stereocenters. The summed E-state index contributed by atoms with van der Waals surface area (Å²) in [5.41, 5.74) is 6.55. The van der Waals surface area contributed by atoms with E-state index >= 15 is 0 Å². The second-order valence-corrected chi connectivity index (χ2v) is 6.21. The molecule has 4 aliphatic carbocycles. The Hall–Kier alpha value is -0.790. The van der Waals surface area contributed by atoms with Crippen molar-refractivity contribution in [1.82, 2.24) is 0 Å². The summed E-state index contributed by atoms with van der Waals surface area (Å²) in [5.74, 6) is 3.78. The van der Waals surface area contributed by atoms with E-state index in [0.717, 1.165) is 23.6 Å². The van der Waals surface area contributed by atoms with Gasteiger partial charge in [0.05, 0.1) is 6.54 Å². The Balaban J connectivity index is 1.85. The van der Waals surface area contributed by atoms with Crippen LogP contribution in [0.25, 0.3) is 0 Å². The highest BCUT2D eigenvalue weighted by Crippen LogP contribution is 2.60. The predicted octanol–water partition coefficient (Wildman–Crippen LogP) is 2.75. The standard InChI is InChI=1S/C14H22N2/c1-2-3-16-13(15)14-7-10-4-11(8-14)6-12(5-10)9-14/h2,10-12H,1,3-9H2,(H2,15,16). The van der Waals surface area contributed by atoms with E-state index in [1.54, 1.807) is 0 Å². The van der Waals surface area contributed by atoms with E-state index in [1.807, 2.05) is 6.08 Å². The molecule has 16 heavy (non-hydrogen) atoms. The quantitative estimate of drug-likeness (QED) is 0.441. The van der Waals surface area contributed by atoms with Gasteiger partial charge in [-0.05, 0) is 56.3 Å². The van der Waals surface area contributed by atoms with Crippen LogP contribution in [0.5, 0.6) is 0 Å². The van der Waals surface area contributed by atoms with Gasteiger partial charge in [-0.3, -0.25) is 4.99 Å². The van der Waals surface area contributed by atoms with Gasteiger partial charge < -0.3 is 5.73 Å². The molecular formula is C14H22N2. The third-order valence-corrected chi connectivity index (χ3v) is 4.97. The number of hydrogen-bond acceptors (Lipinski definition) is 1. The minimum absolute atomic E-state index is 0.289. The fourth-order valence-electron chi connectivity index (χ4n) is 4.75. The summed E-state index contributed by atoms with van der Waals surface area (Å²) >= 11 is 0. The molecule has 2 nitrogen and oxygen atoms in total. The lowest BCUT2D eigenvalue weighted by atomic mass is 9.49. The number of rotatable bonds is 3. The minimum Gasteiger partial charge on any atom is -0.387 e. The highest BCUT2D eigenvalue weighted by molar-refractivity contribution is 5.87. The molecule has 0 aliphatic heterocycles. The first-order valence-corrected chi connectivity index (χ1v) is 6.63. The smallest absolute Gasteiger partial charge is 0.100 e. The van der Waals surface area contributed by atoms with E-state index in [9.17, 15) is 0 Å². The van der Waals surface area contributed by atoms with Crippen molar-refractivity contribution in [2.24, 2.45) is 33.9 Å². The van der Waals surface area contributed by atoms with Gasteiger partial charge in [0.15, 0.2) is 0 Å². The molecular weight excluding hydrogens is 196 g/mol. The van der Waals surface area contributed by atoms with Gasteiger partial charge in [0.1, 0.15) is 5.84 Å². The second-order valence-electron chi connectivity index (χ2n) is 6.21. The molecule has 0 heterocycles. The van der Waals surface area contributed by atoms with Crippen molar-refractivity contribution in [1.29, 1.82) is 0 Å². The summed E-state index contributed by atoms with van der Waals surface area (Å²) in [6.07, 6.45) is 10.2. The fraction of sp³-hybridized carbons (Fsp3) is 0.786. The van der Waals surface area contributed by atoms with Crippen LogP contribution in [0.3, 0.4) is 0 Å². The third kappa shape index (κ3) is 1.50. The molecule has 88 valence electrons. The zero-order chi connectivity index (χ0) is 11.2. The van der Waals surface area contributed by atoms with Crippen LogP contribution in [0.15, 0.2) is 17.6 Å². The van der Waals surface area contributed by atoms with Gasteiger partial charge in [-0.1, -0.05) is 6.08 Å². The topological polar surface area (TPSA) is 38.4 Å². The van der Waals surface area contributed by atoms with E-state index < -0.39 is 0 Å². The van der Waals surface area contributed by atoms with Gasteiger partial charge in [-0.2, -0.15) is 0 Å². The highest BCUT2D eigenvalue weighted by Gasteiger charge is 2.52. The SMILES string of the molecule is C=CCN=C(N)C12CC3CC(CC(C3)C1)C2. The van der Waals surface area contributed by atoms with Crippen LogP contribution in [0, 0.1) is 23.2 Å². The van der Waals surface area contributed by atoms with Crippen LogP contribution in [0.1, 0.15) is 38.5 Å². The summed E-state index contributed by atoms with van der Waals surface area (Å²) in [4.78, 5) is 4.51. The van der Waals surface area contributed by atoms with Crippen molar-refractivity contribution in [3.8, 4) is 0 Å². The first-order valence-electron chi connectivity index (χ1n) is 6.63. The zero-order valence-corrected chi connectivity index (χ0v) is 9.99. The molecule has 0 aromatic carbocycles. The Kier molecular flexibility index (Phi) is 2.34. The average molecular weight is 218 g/mol. The Labute approximate surface area is 98.0 Å². The Bertz CT molecular complexity index is 294. The van der Waals surface area contributed by atoms with E-state index in [2.05, 4.69) is 11.6 Å². The van der Waals surface area contributed by atoms with Crippen LogP contribution in [0.4, 0.5) is 0 Å². The summed E-state index contributed by atoms with van der Waals surface area (Å²) < 4.78 is 0. The lowest BCUT2D eigenvalue weighted by Crippen LogP contribution is -2.52.